The first-order chi connectivity index (χ1) is 9.72. The van der Waals surface area contributed by atoms with Crippen LogP contribution < -0.4 is 4.74 Å². The van der Waals surface area contributed by atoms with E-state index in [0.717, 1.165) is 19.3 Å². The van der Waals surface area contributed by atoms with E-state index in [1.165, 1.54) is 11.4 Å². The Bertz CT molecular complexity index is 604. The van der Waals surface area contributed by atoms with Crippen molar-refractivity contribution in [1.29, 1.82) is 0 Å². The third-order valence-electron chi connectivity index (χ3n) is 3.68. The van der Waals surface area contributed by atoms with Crippen LogP contribution in [0.5, 0.6) is 5.75 Å². The lowest BCUT2D eigenvalue weighted by molar-refractivity contribution is 0.0697. The minimum absolute atomic E-state index is 0.275. The Morgan fingerprint density at radius 1 is 1.40 bits per heavy atom. The number of aromatic amines is 1. The molecule has 0 aliphatic heterocycles. The highest BCUT2D eigenvalue weighted by atomic mass is 16.5. The predicted molar refractivity (Wildman–Crippen MR) is 73.0 cm³/mol. The maximum absolute atomic E-state index is 10.8. The first-order valence-electron chi connectivity index (χ1n) is 6.69. The van der Waals surface area contributed by atoms with Gasteiger partial charge in [-0.15, -0.1) is 0 Å². The van der Waals surface area contributed by atoms with Gasteiger partial charge in [0.05, 0.1) is 24.2 Å². The molecule has 5 heteroatoms. The van der Waals surface area contributed by atoms with E-state index >= 15 is 0 Å². The van der Waals surface area contributed by atoms with Gasteiger partial charge in [0, 0.05) is 5.69 Å². The van der Waals surface area contributed by atoms with E-state index in [-0.39, 0.29) is 5.56 Å². The summed E-state index contributed by atoms with van der Waals surface area (Å²) in [5.41, 5.74) is 2.66. The standard InChI is InChI=1S/C15H16N2O3/c18-15(19)11-2-4-12(5-3-11)20-8-10-1-6-13-14(7-10)17-9-16-13/h2-5,9-10H,1,6-8H2,(H,16,17)(H,18,19). The van der Waals surface area contributed by atoms with Gasteiger partial charge in [0.1, 0.15) is 5.75 Å². The van der Waals surface area contributed by atoms with Crippen LogP contribution >= 0.6 is 0 Å². The molecule has 0 bridgehead atoms. The van der Waals surface area contributed by atoms with Gasteiger partial charge in [-0.1, -0.05) is 0 Å². The summed E-state index contributed by atoms with van der Waals surface area (Å²) in [6, 6.07) is 6.53. The molecule has 20 heavy (non-hydrogen) atoms. The van der Waals surface area contributed by atoms with Crippen molar-refractivity contribution in [1.82, 2.24) is 9.97 Å². The molecule has 1 aliphatic carbocycles. The van der Waals surface area contributed by atoms with E-state index < -0.39 is 5.97 Å². The number of imidazole rings is 1. The van der Waals surface area contributed by atoms with Crippen molar-refractivity contribution in [3.63, 3.8) is 0 Å². The molecule has 1 aliphatic rings. The number of aromatic nitrogens is 2. The zero-order chi connectivity index (χ0) is 13.9. The molecule has 1 heterocycles. The van der Waals surface area contributed by atoms with E-state index in [4.69, 9.17) is 9.84 Å². The maximum Gasteiger partial charge on any atom is 0.335 e. The Balaban J connectivity index is 1.56. The molecular formula is C15H16N2O3. The molecule has 1 aromatic heterocycles. The average molecular weight is 272 g/mol. The molecule has 1 unspecified atom stereocenters. The second-order valence-corrected chi connectivity index (χ2v) is 5.08. The fourth-order valence-electron chi connectivity index (χ4n) is 2.52. The van der Waals surface area contributed by atoms with Gasteiger partial charge >= 0.3 is 5.97 Å². The van der Waals surface area contributed by atoms with E-state index in [1.807, 2.05) is 0 Å². The quantitative estimate of drug-likeness (QED) is 0.895. The van der Waals surface area contributed by atoms with Crippen molar-refractivity contribution < 1.29 is 14.6 Å². The van der Waals surface area contributed by atoms with Gasteiger partial charge in [-0.25, -0.2) is 9.78 Å². The van der Waals surface area contributed by atoms with Crippen molar-refractivity contribution in [3.8, 4) is 5.75 Å². The highest BCUT2D eigenvalue weighted by Crippen LogP contribution is 2.24. The van der Waals surface area contributed by atoms with Gasteiger partial charge in [-0.3, -0.25) is 0 Å². The summed E-state index contributed by atoms with van der Waals surface area (Å²) in [6.45, 7) is 0.644. The maximum atomic E-state index is 10.8. The Morgan fingerprint density at radius 3 is 2.95 bits per heavy atom. The monoisotopic (exact) mass is 272 g/mol. The first kappa shape index (κ1) is 12.7. The number of rotatable bonds is 4. The van der Waals surface area contributed by atoms with Crippen LogP contribution in [-0.4, -0.2) is 27.7 Å². The van der Waals surface area contributed by atoms with E-state index in [9.17, 15) is 4.79 Å². The SMILES string of the molecule is O=C(O)c1ccc(OCC2CCc3nc[nH]c3C2)cc1. The second-order valence-electron chi connectivity index (χ2n) is 5.08. The average Bonchev–Trinajstić information content (AvgIpc) is 2.93. The van der Waals surface area contributed by atoms with Crippen LogP contribution in [0.2, 0.25) is 0 Å². The number of nitrogens with zero attached hydrogens (tertiary/aromatic N) is 1. The number of ether oxygens (including phenoxy) is 1. The molecule has 0 saturated heterocycles. The summed E-state index contributed by atoms with van der Waals surface area (Å²) in [5.74, 6) is 0.267. The van der Waals surface area contributed by atoms with Crippen LogP contribution in [-0.2, 0) is 12.8 Å². The van der Waals surface area contributed by atoms with Gasteiger partial charge < -0.3 is 14.8 Å². The molecule has 5 nitrogen and oxygen atoms in total. The molecule has 0 saturated carbocycles. The number of hydrogen-bond acceptors (Lipinski definition) is 3. The number of aryl methyl sites for hydroxylation is 1. The van der Waals surface area contributed by atoms with E-state index in [2.05, 4.69) is 9.97 Å². The van der Waals surface area contributed by atoms with Crippen LogP contribution in [0, 0.1) is 5.92 Å². The van der Waals surface area contributed by atoms with Crippen molar-refractivity contribution in [2.24, 2.45) is 5.92 Å². The predicted octanol–water partition coefficient (Wildman–Crippen LogP) is 2.29. The zero-order valence-corrected chi connectivity index (χ0v) is 11.0. The fourth-order valence-corrected chi connectivity index (χ4v) is 2.52. The molecule has 0 fully saturated rings. The Morgan fingerprint density at radius 2 is 2.20 bits per heavy atom. The van der Waals surface area contributed by atoms with Crippen LogP contribution in [0.1, 0.15) is 28.2 Å². The number of nitrogens with one attached hydrogen (secondary N) is 1. The molecule has 2 aromatic rings. The second kappa shape index (κ2) is 5.36. The summed E-state index contributed by atoms with van der Waals surface area (Å²) in [7, 11) is 0. The van der Waals surface area contributed by atoms with E-state index in [0.29, 0.717) is 18.3 Å². The number of benzene rings is 1. The molecular weight excluding hydrogens is 256 g/mol. The summed E-state index contributed by atoms with van der Waals surface area (Å²) in [5, 5.41) is 8.83. The zero-order valence-electron chi connectivity index (χ0n) is 11.0. The number of carboxylic acid groups (broad SMARTS) is 1. The van der Waals surface area contributed by atoms with Gasteiger partial charge in [0.25, 0.3) is 0 Å². The topological polar surface area (TPSA) is 75.2 Å². The van der Waals surface area contributed by atoms with Crippen molar-refractivity contribution in [2.45, 2.75) is 19.3 Å². The summed E-state index contributed by atoms with van der Waals surface area (Å²) in [4.78, 5) is 18.2. The lowest BCUT2D eigenvalue weighted by atomic mass is 9.90. The van der Waals surface area contributed by atoms with Gasteiger partial charge in [-0.2, -0.15) is 0 Å². The van der Waals surface area contributed by atoms with Crippen molar-refractivity contribution in [3.05, 3.63) is 47.5 Å². The van der Waals surface area contributed by atoms with Crippen LogP contribution in [0.3, 0.4) is 0 Å². The van der Waals surface area contributed by atoms with Gasteiger partial charge in [0.2, 0.25) is 0 Å². The molecule has 3 rings (SSSR count). The normalized spacial score (nSPS) is 17.5. The third-order valence-corrected chi connectivity index (χ3v) is 3.68. The lowest BCUT2D eigenvalue weighted by Gasteiger charge is -2.21. The lowest BCUT2D eigenvalue weighted by Crippen LogP contribution is -2.20. The molecule has 0 amide bonds. The minimum atomic E-state index is -0.921. The highest BCUT2D eigenvalue weighted by Gasteiger charge is 2.20. The molecule has 1 atom stereocenters. The number of carboxylic acids is 1. The third kappa shape index (κ3) is 2.66. The molecule has 0 radical (unpaired) electrons. The molecule has 1 aromatic carbocycles. The number of H-pyrrole nitrogens is 1. The number of hydrogen-bond donors (Lipinski definition) is 2. The summed E-state index contributed by atoms with van der Waals surface area (Å²) in [6.07, 6.45) is 4.77. The Kier molecular flexibility index (Phi) is 3.41. The number of carbonyl (C=O) groups is 1. The first-order valence-corrected chi connectivity index (χ1v) is 6.69. The molecule has 0 spiro atoms. The smallest absolute Gasteiger partial charge is 0.335 e. The van der Waals surface area contributed by atoms with Crippen LogP contribution in [0.15, 0.2) is 30.6 Å². The summed E-state index contributed by atoms with van der Waals surface area (Å²) >= 11 is 0. The number of fused-ring (bicyclic) bond motifs is 1. The van der Waals surface area contributed by atoms with Crippen molar-refractivity contribution >= 4 is 5.97 Å². The minimum Gasteiger partial charge on any atom is -0.493 e. The largest absolute Gasteiger partial charge is 0.493 e. The summed E-state index contributed by atoms with van der Waals surface area (Å²) < 4.78 is 5.74. The Hall–Kier alpha value is -2.30. The Labute approximate surface area is 116 Å². The van der Waals surface area contributed by atoms with Gasteiger partial charge in [0.15, 0.2) is 0 Å². The van der Waals surface area contributed by atoms with E-state index in [1.54, 1.807) is 30.6 Å². The molecule has 104 valence electrons. The highest BCUT2D eigenvalue weighted by molar-refractivity contribution is 5.87. The fraction of sp³-hybridized carbons (Fsp3) is 0.333. The van der Waals surface area contributed by atoms with Crippen molar-refractivity contribution in [2.75, 3.05) is 6.61 Å². The van der Waals surface area contributed by atoms with Crippen LogP contribution in [0.25, 0.3) is 0 Å². The van der Waals surface area contributed by atoms with Crippen LogP contribution in [0.4, 0.5) is 0 Å². The van der Waals surface area contributed by atoms with Gasteiger partial charge in [-0.05, 0) is 49.4 Å². The number of aromatic carboxylic acids is 1. The molecule has 2 N–H and O–H groups in total.